The van der Waals surface area contributed by atoms with Crippen molar-refractivity contribution in [3.8, 4) is 0 Å². The summed E-state index contributed by atoms with van der Waals surface area (Å²) < 4.78 is 0. The molecule has 1 fully saturated rings. The van der Waals surface area contributed by atoms with Gasteiger partial charge in [-0.15, -0.1) is 11.3 Å². The Balaban J connectivity index is 1.92. The highest BCUT2D eigenvalue weighted by Gasteiger charge is 2.22. The van der Waals surface area contributed by atoms with Crippen molar-refractivity contribution in [2.24, 2.45) is 5.92 Å². The van der Waals surface area contributed by atoms with Gasteiger partial charge in [0.1, 0.15) is 0 Å². The van der Waals surface area contributed by atoms with Crippen LogP contribution in [0, 0.1) is 5.92 Å². The highest BCUT2D eigenvalue weighted by atomic mass is 32.1. The van der Waals surface area contributed by atoms with Crippen LogP contribution in [0.15, 0.2) is 17.5 Å². The third-order valence-electron chi connectivity index (χ3n) is 3.03. The van der Waals surface area contributed by atoms with Crippen LogP contribution < -0.4 is 5.32 Å². The summed E-state index contributed by atoms with van der Waals surface area (Å²) in [5.74, 6) is 0.986. The molecular weight excluding hydrogens is 178 g/mol. The normalized spacial score (nSPS) is 19.8. The Bertz CT molecular complexity index is 239. The zero-order valence-corrected chi connectivity index (χ0v) is 8.94. The Labute approximate surface area is 84.2 Å². The molecule has 2 rings (SSSR count). The summed E-state index contributed by atoms with van der Waals surface area (Å²) in [6.07, 6.45) is 5.68. The van der Waals surface area contributed by atoms with Crippen LogP contribution in [0.1, 0.15) is 36.6 Å². The van der Waals surface area contributed by atoms with E-state index in [9.17, 15) is 0 Å². The fraction of sp³-hybridized carbons (Fsp3) is 0.636. The molecule has 0 radical (unpaired) electrons. The summed E-state index contributed by atoms with van der Waals surface area (Å²) in [7, 11) is 2.07. The molecule has 1 N–H and O–H groups in total. The second-order valence-corrected chi connectivity index (χ2v) is 4.87. The Morgan fingerprint density at radius 2 is 2.46 bits per heavy atom. The topological polar surface area (TPSA) is 12.0 Å². The fourth-order valence-electron chi connectivity index (χ4n) is 1.93. The van der Waals surface area contributed by atoms with Gasteiger partial charge in [0.15, 0.2) is 0 Å². The van der Waals surface area contributed by atoms with Crippen LogP contribution in [0.3, 0.4) is 0 Å². The van der Waals surface area contributed by atoms with Gasteiger partial charge >= 0.3 is 0 Å². The number of nitrogens with one attached hydrogen (secondary N) is 1. The van der Waals surface area contributed by atoms with Crippen molar-refractivity contribution in [3.05, 3.63) is 22.4 Å². The van der Waals surface area contributed by atoms with Crippen LogP contribution in [0.25, 0.3) is 0 Å². The lowest BCUT2D eigenvalue weighted by Gasteiger charge is -2.29. The molecule has 1 aromatic heterocycles. The average Bonchev–Trinajstić information content (AvgIpc) is 2.55. The monoisotopic (exact) mass is 195 g/mol. The molecular formula is C11H17NS. The molecule has 1 heterocycles. The lowest BCUT2D eigenvalue weighted by molar-refractivity contribution is 0.267. The van der Waals surface area contributed by atoms with Crippen LogP contribution in [-0.2, 0) is 0 Å². The molecule has 1 saturated carbocycles. The average molecular weight is 195 g/mol. The van der Waals surface area contributed by atoms with Gasteiger partial charge in [0.25, 0.3) is 0 Å². The van der Waals surface area contributed by atoms with Crippen molar-refractivity contribution in [3.63, 3.8) is 0 Å². The lowest BCUT2D eigenvalue weighted by atomic mass is 9.80. The van der Waals surface area contributed by atoms with Crippen molar-refractivity contribution in [2.45, 2.75) is 31.7 Å². The van der Waals surface area contributed by atoms with E-state index in [-0.39, 0.29) is 0 Å². The van der Waals surface area contributed by atoms with Crippen LogP contribution >= 0.6 is 11.3 Å². The molecule has 2 heteroatoms. The predicted octanol–water partition coefficient (Wildman–Crippen LogP) is 3.20. The number of hydrogen-bond donors (Lipinski definition) is 1. The first-order valence-corrected chi connectivity index (χ1v) is 5.99. The zero-order valence-electron chi connectivity index (χ0n) is 8.12. The van der Waals surface area contributed by atoms with E-state index >= 15 is 0 Å². The number of rotatable bonds is 4. The second-order valence-electron chi connectivity index (χ2n) is 3.89. The SMILES string of the molecule is CNC(CC1CCC1)c1cccs1. The molecule has 1 unspecified atom stereocenters. The first-order chi connectivity index (χ1) is 6.40. The van der Waals surface area contributed by atoms with Crippen molar-refractivity contribution in [1.29, 1.82) is 0 Å². The Kier molecular flexibility index (Phi) is 3.01. The molecule has 0 amide bonds. The van der Waals surface area contributed by atoms with E-state index in [1.54, 1.807) is 0 Å². The first kappa shape index (κ1) is 9.22. The van der Waals surface area contributed by atoms with Crippen molar-refractivity contribution in [1.82, 2.24) is 5.32 Å². The zero-order chi connectivity index (χ0) is 9.10. The predicted molar refractivity (Wildman–Crippen MR) is 58.1 cm³/mol. The number of hydrogen-bond acceptors (Lipinski definition) is 2. The van der Waals surface area contributed by atoms with Gasteiger partial charge in [0.05, 0.1) is 0 Å². The number of thiophene rings is 1. The molecule has 1 aliphatic rings. The minimum absolute atomic E-state index is 0.602. The van der Waals surface area contributed by atoms with E-state index in [1.165, 1.54) is 30.6 Å². The van der Waals surface area contributed by atoms with Gasteiger partial charge in [0.2, 0.25) is 0 Å². The lowest BCUT2D eigenvalue weighted by Crippen LogP contribution is -2.22. The largest absolute Gasteiger partial charge is 0.312 e. The molecule has 0 saturated heterocycles. The van der Waals surface area contributed by atoms with Gasteiger partial charge in [-0.3, -0.25) is 0 Å². The van der Waals surface area contributed by atoms with Gasteiger partial charge in [-0.1, -0.05) is 25.3 Å². The van der Waals surface area contributed by atoms with Gasteiger partial charge in [0, 0.05) is 10.9 Å². The fourth-order valence-corrected chi connectivity index (χ4v) is 2.78. The van der Waals surface area contributed by atoms with Crippen LogP contribution in [0.5, 0.6) is 0 Å². The smallest absolute Gasteiger partial charge is 0.0414 e. The minimum Gasteiger partial charge on any atom is -0.312 e. The highest BCUT2D eigenvalue weighted by molar-refractivity contribution is 7.10. The summed E-state index contributed by atoms with van der Waals surface area (Å²) >= 11 is 1.87. The molecule has 1 nitrogen and oxygen atoms in total. The van der Waals surface area contributed by atoms with Gasteiger partial charge in [-0.2, -0.15) is 0 Å². The van der Waals surface area contributed by atoms with Gasteiger partial charge in [-0.05, 0) is 30.8 Å². The van der Waals surface area contributed by atoms with E-state index in [0.29, 0.717) is 6.04 Å². The summed E-state index contributed by atoms with van der Waals surface area (Å²) in [5, 5.41) is 5.58. The third-order valence-corrected chi connectivity index (χ3v) is 4.01. The maximum absolute atomic E-state index is 3.41. The summed E-state index contributed by atoms with van der Waals surface area (Å²) in [6.45, 7) is 0. The maximum atomic E-state index is 3.41. The summed E-state index contributed by atoms with van der Waals surface area (Å²) in [6, 6.07) is 4.99. The Morgan fingerprint density at radius 3 is 2.92 bits per heavy atom. The molecule has 13 heavy (non-hydrogen) atoms. The molecule has 72 valence electrons. The Hall–Kier alpha value is -0.340. The van der Waals surface area contributed by atoms with E-state index in [0.717, 1.165) is 5.92 Å². The maximum Gasteiger partial charge on any atom is 0.0414 e. The van der Waals surface area contributed by atoms with E-state index in [1.807, 2.05) is 11.3 Å². The molecule has 1 aliphatic carbocycles. The molecule has 1 aromatic rings. The quantitative estimate of drug-likeness (QED) is 0.778. The van der Waals surface area contributed by atoms with Gasteiger partial charge in [-0.25, -0.2) is 0 Å². The molecule has 0 aromatic carbocycles. The van der Waals surface area contributed by atoms with Crippen molar-refractivity contribution < 1.29 is 0 Å². The second kappa shape index (κ2) is 4.25. The Morgan fingerprint density at radius 1 is 1.62 bits per heavy atom. The standard InChI is InChI=1S/C11H17NS/c1-12-10(8-9-4-2-5-9)11-6-3-7-13-11/h3,6-7,9-10,12H,2,4-5,8H2,1H3. The van der Waals surface area contributed by atoms with Crippen molar-refractivity contribution in [2.75, 3.05) is 7.05 Å². The molecule has 0 spiro atoms. The summed E-state index contributed by atoms with van der Waals surface area (Å²) in [4.78, 5) is 1.49. The summed E-state index contributed by atoms with van der Waals surface area (Å²) in [5.41, 5.74) is 0. The van der Waals surface area contributed by atoms with Crippen LogP contribution in [-0.4, -0.2) is 7.05 Å². The van der Waals surface area contributed by atoms with Crippen LogP contribution in [0.4, 0.5) is 0 Å². The molecule has 1 atom stereocenters. The minimum atomic E-state index is 0.602. The third kappa shape index (κ3) is 2.12. The van der Waals surface area contributed by atoms with Crippen LogP contribution in [0.2, 0.25) is 0 Å². The first-order valence-electron chi connectivity index (χ1n) is 5.11. The highest BCUT2D eigenvalue weighted by Crippen LogP contribution is 2.35. The van der Waals surface area contributed by atoms with E-state index in [2.05, 4.69) is 29.9 Å². The van der Waals surface area contributed by atoms with Crippen molar-refractivity contribution >= 4 is 11.3 Å². The van der Waals surface area contributed by atoms with E-state index in [4.69, 9.17) is 0 Å². The van der Waals surface area contributed by atoms with Gasteiger partial charge < -0.3 is 5.32 Å². The molecule has 0 bridgehead atoms. The molecule has 0 aliphatic heterocycles. The van der Waals surface area contributed by atoms with E-state index < -0.39 is 0 Å².